The first-order valence-corrected chi connectivity index (χ1v) is 9.89. The SMILES string of the molecule is CCOC(=O)c1cnc2ccc(F)cc2c1N1CCN(c2nc(C)ns2)CC1. The van der Waals surface area contributed by atoms with Crippen LogP contribution in [0.5, 0.6) is 0 Å². The third-order valence-electron chi connectivity index (χ3n) is 4.68. The van der Waals surface area contributed by atoms with Crippen LogP contribution in [-0.2, 0) is 4.74 Å². The summed E-state index contributed by atoms with van der Waals surface area (Å²) in [4.78, 5) is 25.6. The van der Waals surface area contributed by atoms with Crippen LogP contribution in [0.3, 0.4) is 0 Å². The Hall–Kier alpha value is -2.81. The fraction of sp³-hybridized carbons (Fsp3) is 0.368. The topological polar surface area (TPSA) is 71.5 Å². The standard InChI is InChI=1S/C19H20FN5O2S/c1-3-27-18(26)15-11-21-16-5-4-13(20)10-14(16)17(15)24-6-8-25(9-7-24)19-22-12(2)23-28-19/h4-5,10-11H,3,6-9H2,1-2H3. The lowest BCUT2D eigenvalue weighted by Crippen LogP contribution is -2.47. The fourth-order valence-corrected chi connectivity index (χ4v) is 4.11. The molecule has 2 aromatic heterocycles. The molecule has 1 saturated heterocycles. The summed E-state index contributed by atoms with van der Waals surface area (Å²) in [6, 6.07) is 4.43. The van der Waals surface area contributed by atoms with Gasteiger partial charge in [-0.15, -0.1) is 0 Å². The minimum atomic E-state index is -0.446. The fourth-order valence-electron chi connectivity index (χ4n) is 3.39. The highest BCUT2D eigenvalue weighted by Gasteiger charge is 2.26. The smallest absolute Gasteiger partial charge is 0.341 e. The van der Waals surface area contributed by atoms with Crippen LogP contribution in [0.25, 0.3) is 10.9 Å². The van der Waals surface area contributed by atoms with Gasteiger partial charge in [-0.2, -0.15) is 4.37 Å². The number of carbonyl (C=O) groups is 1. The van der Waals surface area contributed by atoms with Crippen LogP contribution >= 0.6 is 11.5 Å². The number of esters is 1. The molecule has 4 rings (SSSR count). The van der Waals surface area contributed by atoms with Gasteiger partial charge < -0.3 is 14.5 Å². The number of rotatable bonds is 4. The summed E-state index contributed by atoms with van der Waals surface area (Å²) in [7, 11) is 0. The molecule has 1 aromatic carbocycles. The highest BCUT2D eigenvalue weighted by molar-refractivity contribution is 7.09. The summed E-state index contributed by atoms with van der Waals surface area (Å²) in [6.07, 6.45) is 1.52. The van der Waals surface area contributed by atoms with Crippen LogP contribution in [0.15, 0.2) is 24.4 Å². The molecule has 1 aliphatic heterocycles. The maximum Gasteiger partial charge on any atom is 0.341 e. The number of pyridine rings is 1. The molecule has 3 heterocycles. The molecule has 7 nitrogen and oxygen atoms in total. The van der Waals surface area contributed by atoms with Crippen molar-refractivity contribution < 1.29 is 13.9 Å². The largest absolute Gasteiger partial charge is 0.462 e. The number of ether oxygens (including phenoxy) is 1. The Morgan fingerprint density at radius 1 is 1.25 bits per heavy atom. The van der Waals surface area contributed by atoms with Crippen molar-refractivity contribution in [1.82, 2.24) is 14.3 Å². The molecule has 1 fully saturated rings. The van der Waals surface area contributed by atoms with E-state index >= 15 is 0 Å². The molecule has 146 valence electrons. The van der Waals surface area contributed by atoms with E-state index in [1.807, 2.05) is 6.92 Å². The molecular formula is C19H20FN5O2S. The maximum absolute atomic E-state index is 14.0. The minimum absolute atomic E-state index is 0.267. The van der Waals surface area contributed by atoms with E-state index in [-0.39, 0.29) is 12.4 Å². The van der Waals surface area contributed by atoms with Crippen LogP contribution in [0.2, 0.25) is 0 Å². The number of anilines is 2. The molecule has 0 radical (unpaired) electrons. The Morgan fingerprint density at radius 3 is 2.68 bits per heavy atom. The van der Waals surface area contributed by atoms with Gasteiger partial charge in [0.1, 0.15) is 17.2 Å². The van der Waals surface area contributed by atoms with Gasteiger partial charge in [0.05, 0.1) is 17.8 Å². The van der Waals surface area contributed by atoms with Crippen molar-refractivity contribution >= 4 is 39.2 Å². The molecule has 0 spiro atoms. The Morgan fingerprint density at radius 2 is 2.00 bits per heavy atom. The highest BCUT2D eigenvalue weighted by Crippen LogP contribution is 2.32. The second kappa shape index (κ2) is 7.67. The first-order valence-electron chi connectivity index (χ1n) is 9.12. The van der Waals surface area contributed by atoms with Gasteiger partial charge in [0.25, 0.3) is 0 Å². The average Bonchev–Trinajstić information content (AvgIpc) is 3.13. The molecule has 0 bridgehead atoms. The van der Waals surface area contributed by atoms with Gasteiger partial charge in [-0.25, -0.2) is 14.2 Å². The summed E-state index contributed by atoms with van der Waals surface area (Å²) in [5.74, 6) is -0.0412. The van der Waals surface area contributed by atoms with Crippen molar-refractivity contribution in [2.75, 3.05) is 42.6 Å². The van der Waals surface area contributed by atoms with Gasteiger partial charge in [0.15, 0.2) is 0 Å². The first kappa shape index (κ1) is 18.5. The molecule has 0 aliphatic carbocycles. The van der Waals surface area contributed by atoms with Gasteiger partial charge in [0, 0.05) is 49.3 Å². The zero-order valence-electron chi connectivity index (χ0n) is 15.7. The number of piperazine rings is 1. The average molecular weight is 401 g/mol. The molecular weight excluding hydrogens is 381 g/mol. The van der Waals surface area contributed by atoms with Crippen molar-refractivity contribution in [2.24, 2.45) is 0 Å². The lowest BCUT2D eigenvalue weighted by atomic mass is 10.1. The lowest BCUT2D eigenvalue weighted by molar-refractivity contribution is 0.0526. The molecule has 1 aliphatic rings. The molecule has 9 heteroatoms. The molecule has 28 heavy (non-hydrogen) atoms. The summed E-state index contributed by atoms with van der Waals surface area (Å²) < 4.78 is 23.4. The summed E-state index contributed by atoms with van der Waals surface area (Å²) in [6.45, 7) is 6.70. The van der Waals surface area contributed by atoms with Gasteiger partial charge >= 0.3 is 5.97 Å². The predicted molar refractivity (Wildman–Crippen MR) is 107 cm³/mol. The summed E-state index contributed by atoms with van der Waals surface area (Å²) in [5.41, 5.74) is 1.68. The van der Waals surface area contributed by atoms with E-state index in [0.29, 0.717) is 35.2 Å². The quantitative estimate of drug-likeness (QED) is 0.622. The van der Waals surface area contributed by atoms with Gasteiger partial charge in [-0.3, -0.25) is 4.98 Å². The molecule has 0 atom stereocenters. The Kier molecular flexibility index (Phi) is 5.08. The maximum atomic E-state index is 14.0. The zero-order chi connectivity index (χ0) is 19.7. The van der Waals surface area contributed by atoms with E-state index in [4.69, 9.17) is 4.74 Å². The second-order valence-electron chi connectivity index (χ2n) is 6.50. The van der Waals surface area contributed by atoms with Crippen molar-refractivity contribution in [2.45, 2.75) is 13.8 Å². The van der Waals surface area contributed by atoms with Crippen LogP contribution in [0.1, 0.15) is 23.1 Å². The molecule has 0 unspecified atom stereocenters. The number of hydrogen-bond acceptors (Lipinski definition) is 8. The minimum Gasteiger partial charge on any atom is -0.462 e. The number of nitrogens with zero attached hydrogens (tertiary/aromatic N) is 5. The molecule has 0 saturated carbocycles. The summed E-state index contributed by atoms with van der Waals surface area (Å²) >= 11 is 1.38. The van der Waals surface area contributed by atoms with Crippen LogP contribution in [0, 0.1) is 12.7 Å². The molecule has 0 N–H and O–H groups in total. The Bertz CT molecular complexity index is 1020. The van der Waals surface area contributed by atoms with Crippen molar-refractivity contribution in [1.29, 1.82) is 0 Å². The number of carbonyl (C=O) groups excluding carboxylic acids is 1. The lowest BCUT2D eigenvalue weighted by Gasteiger charge is -2.36. The van der Waals surface area contributed by atoms with E-state index in [1.165, 1.54) is 29.9 Å². The van der Waals surface area contributed by atoms with Gasteiger partial charge in [-0.1, -0.05) is 0 Å². The number of benzene rings is 1. The van der Waals surface area contributed by atoms with E-state index in [9.17, 15) is 9.18 Å². The van der Waals surface area contributed by atoms with E-state index in [0.717, 1.165) is 24.0 Å². The number of halogens is 1. The van der Waals surface area contributed by atoms with E-state index in [2.05, 4.69) is 24.1 Å². The van der Waals surface area contributed by atoms with Gasteiger partial charge in [-0.05, 0) is 32.0 Å². The van der Waals surface area contributed by atoms with Crippen LogP contribution in [0.4, 0.5) is 15.2 Å². The Balaban J connectivity index is 1.69. The molecule has 0 amide bonds. The number of fused-ring (bicyclic) bond motifs is 1. The highest BCUT2D eigenvalue weighted by atomic mass is 32.1. The van der Waals surface area contributed by atoms with Crippen molar-refractivity contribution in [3.63, 3.8) is 0 Å². The monoisotopic (exact) mass is 401 g/mol. The van der Waals surface area contributed by atoms with Crippen LogP contribution in [-0.4, -0.2) is 53.1 Å². The van der Waals surface area contributed by atoms with Crippen molar-refractivity contribution in [3.8, 4) is 0 Å². The second-order valence-corrected chi connectivity index (χ2v) is 7.23. The van der Waals surface area contributed by atoms with Crippen molar-refractivity contribution in [3.05, 3.63) is 41.6 Å². The third kappa shape index (κ3) is 3.49. The first-order chi connectivity index (χ1) is 13.6. The normalized spacial score (nSPS) is 14.5. The zero-order valence-corrected chi connectivity index (χ0v) is 16.5. The van der Waals surface area contributed by atoms with E-state index in [1.54, 1.807) is 13.0 Å². The Labute approximate surface area is 165 Å². The number of aryl methyl sites for hydroxylation is 1. The third-order valence-corrected chi connectivity index (χ3v) is 5.55. The van der Waals surface area contributed by atoms with Gasteiger partial charge in [0.2, 0.25) is 5.13 Å². The molecule has 3 aromatic rings. The summed E-state index contributed by atoms with van der Waals surface area (Å²) in [5, 5.41) is 1.51. The van der Waals surface area contributed by atoms with Crippen LogP contribution < -0.4 is 9.80 Å². The van der Waals surface area contributed by atoms with E-state index < -0.39 is 5.97 Å². The number of hydrogen-bond donors (Lipinski definition) is 0. The predicted octanol–water partition coefficient (Wildman–Crippen LogP) is 3.04. The number of aromatic nitrogens is 3.